The van der Waals surface area contributed by atoms with E-state index in [2.05, 4.69) is 14.3 Å². The first-order valence-corrected chi connectivity index (χ1v) is 11.0. The molecule has 0 aliphatic heterocycles. The van der Waals surface area contributed by atoms with Gasteiger partial charge in [0.15, 0.2) is 5.82 Å². The molecule has 146 valence electrons. The SMILES string of the molecule is CC(C)c1nc(N=S(C)(C)=O)c2cc(N)c(C=N)nc2c1-c1ccc(F)cc1. The lowest BCUT2D eigenvalue weighted by atomic mass is 9.94. The summed E-state index contributed by atoms with van der Waals surface area (Å²) in [7, 11) is -2.47. The van der Waals surface area contributed by atoms with Gasteiger partial charge in [-0.3, -0.25) is 0 Å². The van der Waals surface area contributed by atoms with E-state index in [4.69, 9.17) is 11.1 Å². The van der Waals surface area contributed by atoms with Crippen LogP contribution in [0.25, 0.3) is 22.0 Å². The Kier molecular flexibility index (Phi) is 5.16. The molecule has 6 nitrogen and oxygen atoms in total. The van der Waals surface area contributed by atoms with Gasteiger partial charge in [-0.05, 0) is 29.7 Å². The molecule has 0 radical (unpaired) electrons. The van der Waals surface area contributed by atoms with E-state index in [9.17, 15) is 8.60 Å². The topological polar surface area (TPSA) is 105 Å². The predicted molar refractivity (Wildman–Crippen MR) is 113 cm³/mol. The maximum atomic E-state index is 13.5. The van der Waals surface area contributed by atoms with Crippen LogP contribution in [0.15, 0.2) is 34.7 Å². The molecular weight excluding hydrogens is 377 g/mol. The minimum Gasteiger partial charge on any atom is -0.397 e. The molecular formula is C20H22FN5OS. The van der Waals surface area contributed by atoms with Crippen molar-refractivity contribution in [1.29, 1.82) is 5.41 Å². The fraction of sp³-hybridized carbons (Fsp3) is 0.250. The Bertz CT molecular complexity index is 1190. The Hall–Kier alpha value is -2.87. The second kappa shape index (κ2) is 7.27. The second-order valence-electron chi connectivity index (χ2n) is 7.13. The van der Waals surface area contributed by atoms with Crippen molar-refractivity contribution in [2.24, 2.45) is 4.36 Å². The largest absolute Gasteiger partial charge is 0.397 e. The number of aromatic nitrogens is 2. The fourth-order valence-corrected chi connectivity index (χ4v) is 3.52. The van der Waals surface area contributed by atoms with Gasteiger partial charge in [0.2, 0.25) is 0 Å². The predicted octanol–water partition coefficient (Wildman–Crippen LogP) is 4.50. The highest BCUT2D eigenvalue weighted by Gasteiger charge is 2.20. The number of nitrogen functional groups attached to an aromatic ring is 1. The number of nitrogens with one attached hydrogen (secondary N) is 1. The molecule has 0 aliphatic carbocycles. The molecule has 2 heterocycles. The summed E-state index contributed by atoms with van der Waals surface area (Å²) in [5.74, 6) is -0.0333. The third-order valence-electron chi connectivity index (χ3n) is 4.17. The summed E-state index contributed by atoms with van der Waals surface area (Å²) in [6.45, 7) is 3.96. The van der Waals surface area contributed by atoms with Gasteiger partial charge in [0, 0.05) is 39.4 Å². The molecule has 2 aromatic heterocycles. The van der Waals surface area contributed by atoms with Crippen molar-refractivity contribution in [2.45, 2.75) is 19.8 Å². The van der Waals surface area contributed by atoms with Gasteiger partial charge in [-0.2, -0.15) is 4.36 Å². The second-order valence-corrected chi connectivity index (χ2v) is 9.68. The third kappa shape index (κ3) is 3.87. The lowest BCUT2D eigenvalue weighted by molar-refractivity contribution is 0.628. The summed E-state index contributed by atoms with van der Waals surface area (Å²) < 4.78 is 30.1. The molecule has 3 N–H and O–H groups in total. The highest BCUT2D eigenvalue weighted by atomic mass is 32.2. The molecule has 0 atom stereocenters. The van der Waals surface area contributed by atoms with Crippen LogP contribution in [0.2, 0.25) is 0 Å². The standard InChI is InChI=1S/C20H22FN5OS/c1-11(2)18-17(12-5-7-13(21)8-6-12)19-14(9-15(23)16(10-22)24-19)20(25-18)26-28(3,4)27/h5-11,22H,23H2,1-4H3. The molecule has 1 aromatic carbocycles. The van der Waals surface area contributed by atoms with E-state index < -0.39 is 9.73 Å². The highest BCUT2D eigenvalue weighted by Crippen LogP contribution is 2.39. The third-order valence-corrected chi connectivity index (χ3v) is 4.78. The Balaban J connectivity index is 2.55. The van der Waals surface area contributed by atoms with Crippen LogP contribution < -0.4 is 5.73 Å². The molecule has 28 heavy (non-hydrogen) atoms. The van der Waals surface area contributed by atoms with E-state index in [1.54, 1.807) is 18.2 Å². The molecule has 0 unspecified atom stereocenters. The molecule has 3 rings (SSSR count). The monoisotopic (exact) mass is 399 g/mol. The first-order chi connectivity index (χ1) is 13.1. The maximum Gasteiger partial charge on any atom is 0.171 e. The summed E-state index contributed by atoms with van der Waals surface area (Å²) in [6.07, 6.45) is 4.15. The average Bonchev–Trinajstić information content (AvgIpc) is 2.61. The Morgan fingerprint density at radius 2 is 1.86 bits per heavy atom. The average molecular weight is 399 g/mol. The van der Waals surface area contributed by atoms with E-state index in [-0.39, 0.29) is 11.7 Å². The van der Waals surface area contributed by atoms with Gasteiger partial charge < -0.3 is 11.1 Å². The Labute approximate surface area is 163 Å². The van der Waals surface area contributed by atoms with Gasteiger partial charge in [0.25, 0.3) is 0 Å². The normalized spacial score (nSPS) is 11.8. The number of anilines is 1. The molecule has 0 fully saturated rings. The Morgan fingerprint density at radius 1 is 1.21 bits per heavy atom. The molecule has 0 saturated carbocycles. The molecule has 0 bridgehead atoms. The molecule has 8 heteroatoms. The smallest absolute Gasteiger partial charge is 0.171 e. The summed E-state index contributed by atoms with van der Waals surface area (Å²) in [6, 6.07) is 7.74. The van der Waals surface area contributed by atoms with Crippen LogP contribution in [0.4, 0.5) is 15.9 Å². The van der Waals surface area contributed by atoms with E-state index in [1.807, 2.05) is 13.8 Å². The zero-order chi connectivity index (χ0) is 20.6. The number of nitrogens with two attached hydrogens (primary N) is 1. The van der Waals surface area contributed by atoms with Gasteiger partial charge in [0.05, 0.1) is 16.9 Å². The fourth-order valence-electron chi connectivity index (χ4n) is 2.97. The van der Waals surface area contributed by atoms with Crippen LogP contribution in [0.1, 0.15) is 31.2 Å². The van der Waals surface area contributed by atoms with Crippen molar-refractivity contribution in [3.05, 3.63) is 47.5 Å². The van der Waals surface area contributed by atoms with E-state index in [0.717, 1.165) is 17.3 Å². The van der Waals surface area contributed by atoms with E-state index >= 15 is 0 Å². The van der Waals surface area contributed by atoms with Crippen molar-refractivity contribution in [1.82, 2.24) is 9.97 Å². The van der Waals surface area contributed by atoms with Crippen LogP contribution in [0.3, 0.4) is 0 Å². The zero-order valence-corrected chi connectivity index (χ0v) is 17.0. The van der Waals surface area contributed by atoms with Gasteiger partial charge in [-0.25, -0.2) is 18.6 Å². The first-order valence-electron chi connectivity index (χ1n) is 8.68. The van der Waals surface area contributed by atoms with Crippen molar-refractivity contribution in [3.8, 4) is 11.1 Å². The molecule has 3 aromatic rings. The van der Waals surface area contributed by atoms with Crippen LogP contribution >= 0.6 is 0 Å². The van der Waals surface area contributed by atoms with Gasteiger partial charge in [-0.1, -0.05) is 26.0 Å². The molecule has 0 aliphatic rings. The quantitative estimate of drug-likeness (QED) is 0.630. The number of hydrogen-bond donors (Lipinski definition) is 2. The van der Waals surface area contributed by atoms with Crippen molar-refractivity contribution >= 4 is 38.4 Å². The highest BCUT2D eigenvalue weighted by molar-refractivity contribution is 7.92. The first kappa shape index (κ1) is 19.9. The summed E-state index contributed by atoms with van der Waals surface area (Å²) >= 11 is 0. The minimum absolute atomic E-state index is 0.00551. The Morgan fingerprint density at radius 3 is 2.39 bits per heavy atom. The number of halogens is 1. The van der Waals surface area contributed by atoms with E-state index in [0.29, 0.717) is 33.8 Å². The summed E-state index contributed by atoms with van der Waals surface area (Å²) in [5, 5.41) is 8.14. The molecule has 0 spiro atoms. The summed E-state index contributed by atoms with van der Waals surface area (Å²) in [5.41, 5.74) is 9.37. The van der Waals surface area contributed by atoms with Crippen LogP contribution in [0.5, 0.6) is 0 Å². The zero-order valence-electron chi connectivity index (χ0n) is 16.2. The number of hydrogen-bond acceptors (Lipinski definition) is 6. The van der Waals surface area contributed by atoms with Crippen molar-refractivity contribution < 1.29 is 8.60 Å². The van der Waals surface area contributed by atoms with Gasteiger partial charge in [0.1, 0.15) is 11.5 Å². The lowest BCUT2D eigenvalue weighted by Gasteiger charge is -2.17. The number of rotatable bonds is 4. The number of pyridine rings is 2. The van der Waals surface area contributed by atoms with Crippen LogP contribution in [-0.4, -0.2) is 32.9 Å². The van der Waals surface area contributed by atoms with E-state index in [1.165, 1.54) is 24.6 Å². The van der Waals surface area contributed by atoms with Crippen molar-refractivity contribution in [3.63, 3.8) is 0 Å². The van der Waals surface area contributed by atoms with Gasteiger partial charge >= 0.3 is 0 Å². The number of fused-ring (bicyclic) bond motifs is 1. The van der Waals surface area contributed by atoms with Gasteiger partial charge in [-0.15, -0.1) is 0 Å². The summed E-state index contributed by atoms with van der Waals surface area (Å²) in [4.78, 5) is 9.26. The minimum atomic E-state index is -2.47. The lowest BCUT2D eigenvalue weighted by Crippen LogP contribution is -2.04. The van der Waals surface area contributed by atoms with Crippen molar-refractivity contribution in [2.75, 3.05) is 18.2 Å². The molecule has 0 amide bonds. The number of nitrogens with zero attached hydrogens (tertiary/aromatic N) is 3. The number of benzene rings is 1. The molecule has 0 saturated heterocycles. The van der Waals surface area contributed by atoms with Crippen LogP contribution in [0, 0.1) is 11.2 Å². The maximum absolute atomic E-state index is 13.5. The van der Waals surface area contributed by atoms with Crippen LogP contribution in [-0.2, 0) is 9.73 Å².